The molecule has 114 valence electrons. The summed E-state index contributed by atoms with van der Waals surface area (Å²) in [7, 11) is 0. The minimum atomic E-state index is -0.190. The van der Waals surface area contributed by atoms with Crippen molar-refractivity contribution in [1.29, 1.82) is 0 Å². The minimum Gasteiger partial charge on any atom is -0.303 e. The van der Waals surface area contributed by atoms with Gasteiger partial charge in [0.2, 0.25) is 0 Å². The van der Waals surface area contributed by atoms with Crippen molar-refractivity contribution in [3.63, 3.8) is 0 Å². The highest BCUT2D eigenvalue weighted by molar-refractivity contribution is 6.30. The fraction of sp³-hybridized carbons (Fsp3) is 0.278. The molecule has 3 nitrogen and oxygen atoms in total. The van der Waals surface area contributed by atoms with Crippen LogP contribution in [0.3, 0.4) is 0 Å². The standard InChI is InChI=1S/C18H18ClNO2/c1-13-17(12-21)18(15-7-9-16(19)10-8-15)20(22-13)11-14-5-3-2-4-6-14/h2-10,12-13,17-18H,11H2,1H3/t13-,17-,18-/m1/s1. The van der Waals surface area contributed by atoms with Crippen LogP contribution in [0, 0.1) is 5.92 Å². The fourth-order valence-corrected chi connectivity index (χ4v) is 3.06. The summed E-state index contributed by atoms with van der Waals surface area (Å²) in [6.45, 7) is 2.58. The lowest BCUT2D eigenvalue weighted by atomic mass is 9.91. The van der Waals surface area contributed by atoms with Gasteiger partial charge in [0.05, 0.1) is 18.1 Å². The van der Waals surface area contributed by atoms with E-state index in [0.717, 1.165) is 17.4 Å². The third-order valence-electron chi connectivity index (χ3n) is 4.07. The lowest BCUT2D eigenvalue weighted by molar-refractivity contribution is -0.166. The second kappa shape index (κ2) is 6.61. The van der Waals surface area contributed by atoms with E-state index >= 15 is 0 Å². The SMILES string of the molecule is C[C@H]1ON(Cc2ccccc2)[C@H](c2ccc(Cl)cc2)[C@@H]1C=O. The van der Waals surface area contributed by atoms with Crippen LogP contribution in [0.2, 0.25) is 5.02 Å². The summed E-state index contributed by atoms with van der Waals surface area (Å²) < 4.78 is 0. The Morgan fingerprint density at radius 1 is 1.14 bits per heavy atom. The third kappa shape index (κ3) is 3.07. The predicted octanol–water partition coefficient (Wildman–Crippen LogP) is 4.03. The molecule has 4 heteroatoms. The fourth-order valence-electron chi connectivity index (χ4n) is 2.93. The molecule has 1 heterocycles. The van der Waals surface area contributed by atoms with Crippen LogP contribution in [0.1, 0.15) is 24.1 Å². The van der Waals surface area contributed by atoms with Crippen LogP contribution >= 0.6 is 11.6 Å². The Hall–Kier alpha value is -1.68. The summed E-state index contributed by atoms with van der Waals surface area (Å²) in [5.74, 6) is -0.190. The maximum atomic E-state index is 11.5. The highest BCUT2D eigenvalue weighted by atomic mass is 35.5. The Bertz CT molecular complexity index is 629. The first-order valence-corrected chi connectivity index (χ1v) is 7.75. The van der Waals surface area contributed by atoms with Gasteiger partial charge in [-0.25, -0.2) is 0 Å². The molecule has 22 heavy (non-hydrogen) atoms. The van der Waals surface area contributed by atoms with E-state index in [2.05, 4.69) is 12.1 Å². The molecular weight excluding hydrogens is 298 g/mol. The van der Waals surface area contributed by atoms with E-state index in [0.29, 0.717) is 11.6 Å². The van der Waals surface area contributed by atoms with Crippen molar-refractivity contribution in [2.24, 2.45) is 5.92 Å². The van der Waals surface area contributed by atoms with Gasteiger partial charge in [0.25, 0.3) is 0 Å². The lowest BCUT2D eigenvalue weighted by Crippen LogP contribution is -2.25. The van der Waals surface area contributed by atoms with Crippen LogP contribution < -0.4 is 0 Å². The van der Waals surface area contributed by atoms with Crippen LogP contribution in [-0.4, -0.2) is 17.5 Å². The van der Waals surface area contributed by atoms with Crippen molar-refractivity contribution in [2.75, 3.05) is 0 Å². The second-order valence-corrected chi connectivity index (χ2v) is 6.02. The summed E-state index contributed by atoms with van der Waals surface area (Å²) >= 11 is 5.97. The van der Waals surface area contributed by atoms with Gasteiger partial charge in [-0.2, -0.15) is 5.06 Å². The van der Waals surface area contributed by atoms with Gasteiger partial charge >= 0.3 is 0 Å². The van der Waals surface area contributed by atoms with Gasteiger partial charge in [-0.1, -0.05) is 54.1 Å². The first kappa shape index (κ1) is 15.2. The zero-order valence-corrected chi connectivity index (χ0v) is 13.1. The Morgan fingerprint density at radius 2 is 1.82 bits per heavy atom. The van der Waals surface area contributed by atoms with Crippen LogP contribution in [0.4, 0.5) is 0 Å². The van der Waals surface area contributed by atoms with Gasteiger partial charge in [0.1, 0.15) is 6.29 Å². The maximum absolute atomic E-state index is 11.5. The zero-order chi connectivity index (χ0) is 15.5. The molecule has 1 aliphatic rings. The number of hydrogen-bond donors (Lipinski definition) is 0. The highest BCUT2D eigenvalue weighted by Gasteiger charge is 2.41. The molecular formula is C18H18ClNO2. The monoisotopic (exact) mass is 315 g/mol. The normalized spacial score (nSPS) is 25.3. The van der Waals surface area contributed by atoms with Gasteiger partial charge in [-0.3, -0.25) is 4.84 Å². The van der Waals surface area contributed by atoms with Crippen LogP contribution in [0.25, 0.3) is 0 Å². The van der Waals surface area contributed by atoms with Crippen molar-refractivity contribution in [1.82, 2.24) is 5.06 Å². The summed E-state index contributed by atoms with van der Waals surface area (Å²) in [5.41, 5.74) is 2.20. The van der Waals surface area contributed by atoms with Gasteiger partial charge < -0.3 is 4.79 Å². The van der Waals surface area contributed by atoms with Crippen LogP contribution in [0.5, 0.6) is 0 Å². The molecule has 1 aliphatic heterocycles. The Labute approximate surface area is 135 Å². The number of rotatable bonds is 4. The molecule has 0 N–H and O–H groups in total. The molecule has 0 unspecified atom stereocenters. The van der Waals surface area contributed by atoms with Gasteiger partial charge in [0.15, 0.2) is 0 Å². The number of hydrogen-bond acceptors (Lipinski definition) is 3. The molecule has 3 atom stereocenters. The van der Waals surface area contributed by atoms with Crippen LogP contribution in [0.15, 0.2) is 54.6 Å². The number of nitrogens with zero attached hydrogens (tertiary/aromatic N) is 1. The molecule has 2 aromatic carbocycles. The van der Waals surface area contributed by atoms with Crippen molar-refractivity contribution in [3.05, 3.63) is 70.7 Å². The number of hydroxylamine groups is 2. The van der Waals surface area contributed by atoms with E-state index in [4.69, 9.17) is 16.4 Å². The molecule has 0 aromatic heterocycles. The van der Waals surface area contributed by atoms with E-state index in [9.17, 15) is 4.79 Å². The van der Waals surface area contributed by atoms with Crippen molar-refractivity contribution in [3.8, 4) is 0 Å². The largest absolute Gasteiger partial charge is 0.303 e. The van der Waals surface area contributed by atoms with E-state index in [-0.39, 0.29) is 18.1 Å². The highest BCUT2D eigenvalue weighted by Crippen LogP contribution is 2.39. The summed E-state index contributed by atoms with van der Waals surface area (Å²) in [4.78, 5) is 17.5. The molecule has 1 fully saturated rings. The first-order chi connectivity index (χ1) is 10.7. The number of carbonyl (C=O) groups is 1. The molecule has 2 aromatic rings. The van der Waals surface area contributed by atoms with Crippen molar-refractivity contribution >= 4 is 17.9 Å². The summed E-state index contributed by atoms with van der Waals surface area (Å²) in [6.07, 6.45) is 0.858. The summed E-state index contributed by atoms with van der Waals surface area (Å²) in [6, 6.07) is 17.6. The van der Waals surface area contributed by atoms with E-state index in [1.807, 2.05) is 54.5 Å². The molecule has 0 amide bonds. The predicted molar refractivity (Wildman–Crippen MR) is 86.3 cm³/mol. The van der Waals surface area contributed by atoms with E-state index < -0.39 is 0 Å². The first-order valence-electron chi connectivity index (χ1n) is 7.37. The minimum absolute atomic E-state index is 0.0926. The molecule has 3 rings (SSSR count). The number of aldehydes is 1. The molecule has 0 bridgehead atoms. The maximum Gasteiger partial charge on any atom is 0.127 e. The molecule has 0 saturated carbocycles. The van der Waals surface area contributed by atoms with Crippen molar-refractivity contribution in [2.45, 2.75) is 25.6 Å². The number of halogens is 1. The van der Waals surface area contributed by atoms with Crippen molar-refractivity contribution < 1.29 is 9.63 Å². The molecule has 0 aliphatic carbocycles. The lowest BCUT2D eigenvalue weighted by Gasteiger charge is -2.24. The van der Waals surface area contributed by atoms with Gasteiger partial charge in [0, 0.05) is 11.6 Å². The smallest absolute Gasteiger partial charge is 0.127 e. The number of benzene rings is 2. The number of carbonyl (C=O) groups excluding carboxylic acids is 1. The second-order valence-electron chi connectivity index (χ2n) is 5.58. The Morgan fingerprint density at radius 3 is 2.45 bits per heavy atom. The van der Waals surface area contributed by atoms with E-state index in [1.165, 1.54) is 0 Å². The molecule has 1 saturated heterocycles. The van der Waals surface area contributed by atoms with E-state index in [1.54, 1.807) is 0 Å². The average molecular weight is 316 g/mol. The quantitative estimate of drug-likeness (QED) is 0.798. The molecule has 0 spiro atoms. The Kier molecular flexibility index (Phi) is 4.57. The summed E-state index contributed by atoms with van der Waals surface area (Å²) in [5, 5.41) is 2.59. The van der Waals surface area contributed by atoms with Gasteiger partial charge in [-0.15, -0.1) is 0 Å². The third-order valence-corrected chi connectivity index (χ3v) is 4.32. The zero-order valence-electron chi connectivity index (χ0n) is 12.4. The topological polar surface area (TPSA) is 29.5 Å². The van der Waals surface area contributed by atoms with Gasteiger partial charge in [-0.05, 0) is 30.2 Å². The van der Waals surface area contributed by atoms with Crippen LogP contribution in [-0.2, 0) is 16.2 Å². The average Bonchev–Trinajstić information content (AvgIpc) is 2.84. The molecule has 0 radical (unpaired) electrons. The Balaban J connectivity index is 1.90.